The summed E-state index contributed by atoms with van der Waals surface area (Å²) in [6, 6.07) is 4.05. The fraction of sp³-hybridized carbons (Fsp3) is 0.214. The smallest absolute Gasteiger partial charge is 0.303 e. The molecule has 0 radical (unpaired) electrons. The van der Waals surface area contributed by atoms with E-state index in [2.05, 4.69) is 20.3 Å². The van der Waals surface area contributed by atoms with Crippen LogP contribution in [0.25, 0.3) is 16.3 Å². The number of alkyl halides is 4. The number of anilines is 1. The molecule has 0 amide bonds. The maximum absolute atomic E-state index is 14.7. The zero-order valence-electron chi connectivity index (χ0n) is 21.8. The van der Waals surface area contributed by atoms with Crippen molar-refractivity contribution in [1.82, 2.24) is 14.5 Å². The molecule has 0 spiro atoms. The number of hydrogen-bond donors (Lipinski definition) is 2. The number of pyridine rings is 1. The minimum absolute atomic E-state index is 0.0898. The summed E-state index contributed by atoms with van der Waals surface area (Å²) < 4.78 is 85.8. The molecular formula is C28H24F6N6O. The van der Waals surface area contributed by atoms with Crippen LogP contribution in [0.3, 0.4) is 0 Å². The molecule has 2 aromatic carbocycles. The van der Waals surface area contributed by atoms with Gasteiger partial charge in [0.25, 0.3) is 5.56 Å². The van der Waals surface area contributed by atoms with E-state index >= 15 is 0 Å². The molecule has 0 saturated heterocycles. The monoisotopic (exact) mass is 574 g/mol. The van der Waals surface area contributed by atoms with E-state index in [9.17, 15) is 31.1 Å². The molecule has 0 aliphatic carbocycles. The van der Waals surface area contributed by atoms with Crippen molar-refractivity contribution in [1.29, 1.82) is 0 Å². The molecule has 7 nitrogen and oxygen atoms in total. The Kier molecular flexibility index (Phi) is 8.45. The Hall–Kier alpha value is -4.68. The number of fused-ring (bicyclic) bond motifs is 1. The predicted molar refractivity (Wildman–Crippen MR) is 145 cm³/mol. The summed E-state index contributed by atoms with van der Waals surface area (Å²) in [6.07, 6.45) is 5.48. The average Bonchev–Trinajstić information content (AvgIpc) is 2.96. The fourth-order valence-electron chi connectivity index (χ4n) is 4.26. The lowest BCUT2D eigenvalue weighted by Gasteiger charge is -2.24. The number of aromatic nitrogens is 3. The molecule has 0 aliphatic rings. The first kappa shape index (κ1) is 29.3. The van der Waals surface area contributed by atoms with Gasteiger partial charge in [-0.25, -0.2) is 27.5 Å². The summed E-state index contributed by atoms with van der Waals surface area (Å²) >= 11 is 0. The molecule has 13 heteroatoms. The van der Waals surface area contributed by atoms with E-state index < -0.39 is 53.8 Å². The molecule has 3 N–H and O–H groups in total. The Morgan fingerprint density at radius 2 is 1.80 bits per heavy atom. The summed E-state index contributed by atoms with van der Waals surface area (Å²) in [6.45, 7) is -1.68. The second kappa shape index (κ2) is 11.8. The highest BCUT2D eigenvalue weighted by Crippen LogP contribution is 2.37. The number of aryl methyl sites for hydroxylation is 1. The Morgan fingerprint density at radius 3 is 2.44 bits per heavy atom. The van der Waals surface area contributed by atoms with Gasteiger partial charge in [-0.3, -0.25) is 9.79 Å². The SMILES string of the molecule is Cc1ncc(N=C/C(=C\N)c2cc3c([C@@H](CF)Nc4ccc(F)cc4C(F)(F)CF)cc(F)cc3c(=O)n2C)cn1. The van der Waals surface area contributed by atoms with Crippen LogP contribution in [0.15, 0.2) is 64.8 Å². The van der Waals surface area contributed by atoms with E-state index in [1.165, 1.54) is 42.5 Å². The zero-order valence-corrected chi connectivity index (χ0v) is 21.8. The summed E-state index contributed by atoms with van der Waals surface area (Å²) in [5, 5.41) is 2.47. The van der Waals surface area contributed by atoms with Gasteiger partial charge in [0, 0.05) is 36.3 Å². The van der Waals surface area contributed by atoms with E-state index in [1.807, 2.05) is 0 Å². The standard InChI is InChI=1S/C28H24F6N6O/c1-15-36-12-19(13-37-15)38-11-16(10-35)26-8-20-21(5-18(32)6-22(20)27(41)40(26)2)25(9-29)39-24-4-3-17(31)7-23(24)28(33,34)14-30/h3-8,10-13,25,39H,9,14,35H2,1-2H3/b16-10+,38-11?/t25-/m1/s1. The first-order chi connectivity index (χ1) is 19.5. The highest BCUT2D eigenvalue weighted by atomic mass is 19.3. The van der Waals surface area contributed by atoms with Crippen molar-refractivity contribution in [2.75, 3.05) is 18.7 Å². The highest BCUT2D eigenvalue weighted by molar-refractivity contribution is 6.10. The number of aliphatic imine (C=N–C) groups is 1. The van der Waals surface area contributed by atoms with Crippen molar-refractivity contribution < 1.29 is 26.3 Å². The normalized spacial score (nSPS) is 13.2. The Balaban J connectivity index is 1.85. The molecule has 41 heavy (non-hydrogen) atoms. The Bertz CT molecular complexity index is 1700. The molecular weight excluding hydrogens is 550 g/mol. The molecule has 0 saturated carbocycles. The third-order valence-electron chi connectivity index (χ3n) is 6.35. The van der Waals surface area contributed by atoms with Gasteiger partial charge in [0.2, 0.25) is 0 Å². The quantitative estimate of drug-likeness (QED) is 0.195. The molecule has 4 aromatic rings. The van der Waals surface area contributed by atoms with Crippen molar-refractivity contribution in [3.05, 3.63) is 99.6 Å². The number of allylic oxidation sites excluding steroid dienone is 1. The third kappa shape index (κ3) is 6.08. The molecule has 0 fully saturated rings. The summed E-state index contributed by atoms with van der Waals surface area (Å²) in [7, 11) is 1.42. The minimum atomic E-state index is -4.08. The topological polar surface area (TPSA) is 98.2 Å². The third-order valence-corrected chi connectivity index (χ3v) is 6.35. The number of halogens is 6. The van der Waals surface area contributed by atoms with E-state index in [0.717, 1.165) is 24.3 Å². The second-order valence-electron chi connectivity index (χ2n) is 9.10. The van der Waals surface area contributed by atoms with Crippen molar-refractivity contribution in [2.24, 2.45) is 17.8 Å². The zero-order chi connectivity index (χ0) is 29.9. The predicted octanol–water partition coefficient (Wildman–Crippen LogP) is 5.80. The molecule has 0 bridgehead atoms. The van der Waals surface area contributed by atoms with Crippen LogP contribution in [0.2, 0.25) is 0 Å². The number of hydrogen-bond acceptors (Lipinski definition) is 6. The molecule has 1 atom stereocenters. The van der Waals surface area contributed by atoms with Crippen LogP contribution in [0.4, 0.5) is 37.7 Å². The number of benzene rings is 2. The van der Waals surface area contributed by atoms with Gasteiger partial charge in [0.1, 0.15) is 24.1 Å². The molecule has 0 aliphatic heterocycles. The summed E-state index contributed by atoms with van der Waals surface area (Å²) in [5.74, 6) is -5.49. The lowest BCUT2D eigenvalue weighted by atomic mass is 9.97. The fourth-order valence-corrected chi connectivity index (χ4v) is 4.26. The van der Waals surface area contributed by atoms with Crippen LogP contribution in [0.1, 0.15) is 28.7 Å². The van der Waals surface area contributed by atoms with Gasteiger partial charge in [-0.05, 0) is 54.3 Å². The number of nitrogens with one attached hydrogen (secondary N) is 1. The summed E-state index contributed by atoms with van der Waals surface area (Å²) in [5.41, 5.74) is 4.44. The van der Waals surface area contributed by atoms with Gasteiger partial charge in [0.15, 0.2) is 6.67 Å². The van der Waals surface area contributed by atoms with Crippen LogP contribution in [0, 0.1) is 18.6 Å². The largest absolute Gasteiger partial charge is 0.404 e. The maximum atomic E-state index is 14.7. The lowest BCUT2D eigenvalue weighted by Crippen LogP contribution is -2.24. The van der Waals surface area contributed by atoms with E-state index in [4.69, 9.17) is 5.73 Å². The van der Waals surface area contributed by atoms with Crippen molar-refractivity contribution >= 4 is 33.9 Å². The second-order valence-corrected chi connectivity index (χ2v) is 9.10. The van der Waals surface area contributed by atoms with Crippen LogP contribution in [-0.4, -0.2) is 34.1 Å². The van der Waals surface area contributed by atoms with Crippen molar-refractivity contribution in [3.8, 4) is 0 Å². The van der Waals surface area contributed by atoms with Crippen LogP contribution >= 0.6 is 0 Å². The number of nitrogens with zero attached hydrogens (tertiary/aromatic N) is 4. The van der Waals surface area contributed by atoms with Crippen LogP contribution in [0.5, 0.6) is 0 Å². The van der Waals surface area contributed by atoms with E-state index in [-0.39, 0.29) is 27.6 Å². The van der Waals surface area contributed by atoms with Gasteiger partial charge in [-0.1, -0.05) is 0 Å². The minimum Gasteiger partial charge on any atom is -0.404 e. The Labute approximate surface area is 230 Å². The Morgan fingerprint density at radius 1 is 1.10 bits per heavy atom. The van der Waals surface area contributed by atoms with Crippen LogP contribution in [-0.2, 0) is 13.0 Å². The van der Waals surface area contributed by atoms with E-state index in [0.29, 0.717) is 17.6 Å². The van der Waals surface area contributed by atoms with E-state index in [1.54, 1.807) is 6.92 Å². The molecule has 2 aromatic heterocycles. The summed E-state index contributed by atoms with van der Waals surface area (Å²) in [4.78, 5) is 25.6. The highest BCUT2D eigenvalue weighted by Gasteiger charge is 2.35. The maximum Gasteiger partial charge on any atom is 0.303 e. The van der Waals surface area contributed by atoms with Crippen molar-refractivity contribution in [3.63, 3.8) is 0 Å². The van der Waals surface area contributed by atoms with Crippen molar-refractivity contribution in [2.45, 2.75) is 18.9 Å². The lowest BCUT2D eigenvalue weighted by molar-refractivity contribution is -0.0276. The van der Waals surface area contributed by atoms with Gasteiger partial charge in [-0.15, -0.1) is 0 Å². The first-order valence-electron chi connectivity index (χ1n) is 12.1. The average molecular weight is 575 g/mol. The van der Waals surface area contributed by atoms with Crippen LogP contribution < -0.4 is 16.6 Å². The molecule has 214 valence electrons. The van der Waals surface area contributed by atoms with Gasteiger partial charge in [0.05, 0.1) is 35.2 Å². The number of rotatable bonds is 9. The molecule has 2 heterocycles. The van der Waals surface area contributed by atoms with Gasteiger partial charge < -0.3 is 15.6 Å². The van der Waals surface area contributed by atoms with Gasteiger partial charge in [-0.2, -0.15) is 8.78 Å². The first-order valence-corrected chi connectivity index (χ1v) is 12.1. The molecule has 4 rings (SSSR count). The van der Waals surface area contributed by atoms with Gasteiger partial charge >= 0.3 is 5.92 Å². The molecule has 0 unspecified atom stereocenters. The number of nitrogens with two attached hydrogens (primary N) is 1.